The molecule has 0 saturated heterocycles. The third-order valence-corrected chi connectivity index (χ3v) is 9.72. The Morgan fingerprint density at radius 1 is 0.884 bits per heavy atom. The number of carbonyl (C=O) groups excluding carboxylic acids is 2. The molecule has 4 heterocycles. The van der Waals surface area contributed by atoms with Crippen molar-refractivity contribution in [2.45, 2.75) is 45.7 Å². The smallest absolute Gasteiger partial charge is 0.291 e. The summed E-state index contributed by atoms with van der Waals surface area (Å²) in [7, 11) is 6.05. The second-order valence-electron chi connectivity index (χ2n) is 11.4. The van der Waals surface area contributed by atoms with E-state index >= 15 is 0 Å². The van der Waals surface area contributed by atoms with E-state index in [4.69, 9.17) is 16.6 Å². The average Bonchev–Trinajstić information content (AvgIpc) is 3.55. The minimum Gasteiger partial charge on any atom is -0.327 e. The number of benzene rings is 2. The number of aromatic nitrogens is 3. The molecule has 0 spiro atoms. The monoisotopic (exact) mass is 617 g/mol. The van der Waals surface area contributed by atoms with Gasteiger partial charge in [-0.05, 0) is 43.8 Å². The Morgan fingerprint density at radius 3 is 2.37 bits per heavy atom. The molecule has 2 aromatic heterocycles. The number of likely N-dealkylation sites (N-methyl/N-ethyl adjacent to an activating group) is 2. The van der Waals surface area contributed by atoms with Gasteiger partial charge in [0.2, 0.25) is 0 Å². The van der Waals surface area contributed by atoms with Crippen molar-refractivity contribution in [2.75, 3.05) is 37.8 Å². The molecule has 2 aromatic carbocycles. The van der Waals surface area contributed by atoms with Crippen LogP contribution in [0.3, 0.4) is 0 Å². The highest BCUT2D eigenvalue weighted by Crippen LogP contribution is 2.39. The maximum Gasteiger partial charge on any atom is 0.291 e. The van der Waals surface area contributed by atoms with Gasteiger partial charge < -0.3 is 25.0 Å². The van der Waals surface area contributed by atoms with Crippen LogP contribution in [-0.4, -0.2) is 63.3 Å². The number of hydrogen-bond donors (Lipinski definition) is 2. The number of anilines is 2. The Hall–Kier alpha value is -3.57. The van der Waals surface area contributed by atoms with Crippen LogP contribution in [-0.2, 0) is 39.4 Å². The molecule has 0 aliphatic carbocycles. The molecular formula is C32H36ClN7O2S. The van der Waals surface area contributed by atoms with E-state index in [-0.39, 0.29) is 11.8 Å². The Morgan fingerprint density at radius 2 is 1.58 bits per heavy atom. The summed E-state index contributed by atoms with van der Waals surface area (Å²) in [6.07, 6.45) is 3.33. The largest absolute Gasteiger partial charge is 0.327 e. The van der Waals surface area contributed by atoms with Crippen molar-refractivity contribution in [3.63, 3.8) is 0 Å². The van der Waals surface area contributed by atoms with Crippen molar-refractivity contribution >= 4 is 46.1 Å². The zero-order chi connectivity index (χ0) is 30.2. The lowest BCUT2D eigenvalue weighted by Crippen LogP contribution is -2.27. The van der Waals surface area contributed by atoms with Crippen molar-refractivity contribution in [1.29, 1.82) is 0 Å². The number of fused-ring (bicyclic) bond motifs is 2. The fourth-order valence-corrected chi connectivity index (χ4v) is 7.31. The average molecular weight is 618 g/mol. The fraction of sp³-hybridized carbons (Fsp3) is 0.375. The number of thiazole rings is 1. The molecule has 2 aliphatic rings. The van der Waals surface area contributed by atoms with Gasteiger partial charge in [-0.3, -0.25) is 9.59 Å². The van der Waals surface area contributed by atoms with Crippen molar-refractivity contribution in [1.82, 2.24) is 24.3 Å². The highest BCUT2D eigenvalue weighted by Gasteiger charge is 2.26. The van der Waals surface area contributed by atoms with E-state index in [1.807, 2.05) is 41.9 Å². The van der Waals surface area contributed by atoms with Gasteiger partial charge in [-0.25, -0.2) is 9.97 Å². The van der Waals surface area contributed by atoms with Crippen LogP contribution in [0.2, 0.25) is 5.02 Å². The van der Waals surface area contributed by atoms with Crippen LogP contribution in [0, 0.1) is 0 Å². The number of carbonyl (C=O) groups is 2. The van der Waals surface area contributed by atoms with Gasteiger partial charge in [0.05, 0.1) is 22.1 Å². The summed E-state index contributed by atoms with van der Waals surface area (Å²) >= 11 is 8.41. The third-order valence-electron chi connectivity index (χ3n) is 8.23. The van der Waals surface area contributed by atoms with Gasteiger partial charge in [0, 0.05) is 67.9 Å². The Labute approximate surface area is 260 Å². The molecule has 0 atom stereocenters. The zero-order valence-electron chi connectivity index (χ0n) is 25.0. The molecule has 0 unspecified atom stereocenters. The fourth-order valence-electron chi connectivity index (χ4n) is 5.95. The van der Waals surface area contributed by atoms with E-state index in [1.165, 1.54) is 11.3 Å². The number of hydrogen-bond acceptors (Lipinski definition) is 7. The highest BCUT2D eigenvalue weighted by atomic mass is 35.5. The van der Waals surface area contributed by atoms with E-state index in [0.717, 1.165) is 96.2 Å². The predicted octanol–water partition coefficient (Wildman–Crippen LogP) is 5.63. The van der Waals surface area contributed by atoms with Gasteiger partial charge in [0.15, 0.2) is 10.8 Å². The molecule has 2 aliphatic heterocycles. The first-order valence-electron chi connectivity index (χ1n) is 14.7. The molecule has 0 fully saturated rings. The topological polar surface area (TPSA) is 95.4 Å². The Kier molecular flexibility index (Phi) is 8.37. The summed E-state index contributed by atoms with van der Waals surface area (Å²) in [6.45, 7) is 5.53. The number of nitrogens with one attached hydrogen (secondary N) is 2. The normalized spacial score (nSPS) is 15.2. The van der Waals surface area contributed by atoms with Crippen molar-refractivity contribution in [3.05, 3.63) is 79.8 Å². The summed E-state index contributed by atoms with van der Waals surface area (Å²) in [5, 5.41) is 7.02. The molecule has 6 rings (SSSR count). The highest BCUT2D eigenvalue weighted by molar-refractivity contribution is 7.13. The van der Waals surface area contributed by atoms with Crippen LogP contribution in [0.5, 0.6) is 0 Å². The van der Waals surface area contributed by atoms with E-state index < -0.39 is 0 Å². The minimum absolute atomic E-state index is 0.237. The molecule has 2 amide bonds. The second-order valence-corrected chi connectivity index (χ2v) is 12.9. The summed E-state index contributed by atoms with van der Waals surface area (Å²) in [5.41, 5.74) is 7.01. The molecule has 43 heavy (non-hydrogen) atoms. The van der Waals surface area contributed by atoms with Crippen molar-refractivity contribution in [2.24, 2.45) is 7.05 Å². The van der Waals surface area contributed by atoms with E-state index in [1.54, 1.807) is 6.07 Å². The molecule has 224 valence electrons. The van der Waals surface area contributed by atoms with Crippen molar-refractivity contribution < 1.29 is 9.59 Å². The van der Waals surface area contributed by atoms with E-state index in [0.29, 0.717) is 21.5 Å². The molecule has 0 saturated carbocycles. The van der Waals surface area contributed by atoms with Crippen LogP contribution in [0.4, 0.5) is 11.4 Å². The Balaban J connectivity index is 1.28. The molecule has 11 heteroatoms. The SMILES string of the molecule is CCCc1c(NC(=O)c2nc3c(n2C)CCN(C)C3)cccc1-c1cccc(NC(=O)c2nc3c(s2)CN(C)CC3)c1Cl. The number of rotatable bonds is 7. The summed E-state index contributed by atoms with van der Waals surface area (Å²) in [6, 6.07) is 11.5. The lowest BCUT2D eigenvalue weighted by Gasteiger charge is -2.21. The quantitative estimate of drug-likeness (QED) is 0.279. The molecule has 2 N–H and O–H groups in total. The molecule has 0 radical (unpaired) electrons. The number of imidazole rings is 1. The lowest BCUT2D eigenvalue weighted by molar-refractivity contribution is 0.101. The van der Waals surface area contributed by atoms with Gasteiger partial charge in [0.25, 0.3) is 11.8 Å². The number of nitrogens with zero attached hydrogens (tertiary/aromatic N) is 5. The van der Waals surface area contributed by atoms with Crippen LogP contribution >= 0.6 is 22.9 Å². The van der Waals surface area contributed by atoms with Crippen LogP contribution in [0.1, 0.15) is 61.3 Å². The minimum atomic E-state index is -0.264. The van der Waals surface area contributed by atoms with E-state index in [9.17, 15) is 9.59 Å². The van der Waals surface area contributed by atoms with E-state index in [2.05, 4.69) is 46.4 Å². The van der Waals surface area contributed by atoms with Crippen LogP contribution < -0.4 is 10.6 Å². The molecule has 0 bridgehead atoms. The number of halogens is 1. The Bertz CT molecular complexity index is 1710. The van der Waals surface area contributed by atoms with Gasteiger partial charge >= 0.3 is 0 Å². The van der Waals surface area contributed by atoms with Crippen LogP contribution in [0.15, 0.2) is 36.4 Å². The first-order chi connectivity index (χ1) is 20.7. The second kappa shape index (κ2) is 12.2. The summed E-state index contributed by atoms with van der Waals surface area (Å²) < 4.78 is 1.92. The standard InChI is InChI=1S/C32H36ClN7O2S/c1-5-8-20-19(9-6-11-22(20)35-30(41)29-34-25-17-38(2)16-14-26(25)40(29)4)21-10-7-12-24(28(21)33)36-31(42)32-37-23-13-15-39(3)18-27(23)43-32/h6-7,9-12H,5,8,13-18H2,1-4H3,(H,35,41)(H,36,42). The van der Waals surface area contributed by atoms with Gasteiger partial charge in [-0.15, -0.1) is 11.3 Å². The maximum atomic E-state index is 13.5. The maximum absolute atomic E-state index is 13.5. The third kappa shape index (κ3) is 5.84. The first-order valence-corrected chi connectivity index (χ1v) is 15.9. The van der Waals surface area contributed by atoms with Crippen molar-refractivity contribution in [3.8, 4) is 11.1 Å². The van der Waals surface area contributed by atoms with Gasteiger partial charge in [0.1, 0.15) is 0 Å². The molecule has 9 nitrogen and oxygen atoms in total. The van der Waals surface area contributed by atoms with Gasteiger partial charge in [-0.2, -0.15) is 0 Å². The molecule has 4 aromatic rings. The summed E-state index contributed by atoms with van der Waals surface area (Å²) in [4.78, 5) is 41.6. The summed E-state index contributed by atoms with van der Waals surface area (Å²) in [5.74, 6) is -0.0928. The van der Waals surface area contributed by atoms with Crippen LogP contribution in [0.25, 0.3) is 11.1 Å². The van der Waals surface area contributed by atoms with Gasteiger partial charge in [-0.1, -0.05) is 49.2 Å². The molecular weight excluding hydrogens is 582 g/mol. The number of amides is 2. The zero-order valence-corrected chi connectivity index (χ0v) is 26.5. The lowest BCUT2D eigenvalue weighted by atomic mass is 9.94. The first kappa shape index (κ1) is 29.5. The predicted molar refractivity (Wildman–Crippen MR) is 172 cm³/mol.